The molecule has 7 rings (SSSR count). The highest BCUT2D eigenvalue weighted by molar-refractivity contribution is 5.76. The summed E-state index contributed by atoms with van der Waals surface area (Å²) in [6.07, 6.45) is 9.31. The van der Waals surface area contributed by atoms with Crippen molar-refractivity contribution in [1.29, 1.82) is 0 Å². The highest BCUT2D eigenvalue weighted by atomic mass is 16.5. The van der Waals surface area contributed by atoms with Gasteiger partial charge in [0.15, 0.2) is 5.82 Å². The normalized spacial score (nSPS) is 28.1. The predicted octanol–water partition coefficient (Wildman–Crippen LogP) is 3.43. The number of aromatic nitrogens is 2. The molecule has 5 heterocycles. The fourth-order valence-corrected chi connectivity index (χ4v) is 8.54. The van der Waals surface area contributed by atoms with Crippen LogP contribution in [0.1, 0.15) is 51.4 Å². The Hall–Kier alpha value is -2.95. The maximum atomic E-state index is 11.9. The minimum Gasteiger partial charge on any atom is -0.507 e. The third-order valence-electron chi connectivity index (χ3n) is 11.1. The standard InChI is InChI=1S/C33H47N7O3/c1-43-33(42)23-6-8-24(9-7-23)37-14-10-25(11-15-37)38-16-12-26(13-17-38)39-18-19-40-27(22-39)21-34-32-30(40)20-29(35-36-32)28-4-2-3-5-31(28)41/h2-5,20,23-27,41H,6-19,21-22H2,1H3,(H,34,36)/t23?,24?,27-/m0/s1. The van der Waals surface area contributed by atoms with E-state index in [4.69, 9.17) is 4.74 Å². The Kier molecular flexibility index (Phi) is 8.42. The number of phenolic OH excluding ortho intramolecular Hbond substituents is 1. The summed E-state index contributed by atoms with van der Waals surface area (Å²) < 4.78 is 4.98. The number of hydrogen-bond donors (Lipinski definition) is 2. The van der Waals surface area contributed by atoms with E-state index in [9.17, 15) is 9.90 Å². The predicted molar refractivity (Wildman–Crippen MR) is 167 cm³/mol. The fourth-order valence-electron chi connectivity index (χ4n) is 8.54. The quantitative estimate of drug-likeness (QED) is 0.505. The zero-order valence-corrected chi connectivity index (χ0v) is 25.5. The van der Waals surface area contributed by atoms with Crippen molar-refractivity contribution in [2.24, 2.45) is 5.92 Å². The molecule has 1 aromatic heterocycles. The summed E-state index contributed by atoms with van der Waals surface area (Å²) in [7, 11) is 1.51. The molecule has 4 fully saturated rings. The topological polar surface area (TPSA) is 97.3 Å². The Morgan fingerprint density at radius 3 is 2.14 bits per heavy atom. The van der Waals surface area contributed by atoms with Gasteiger partial charge in [-0.05, 0) is 95.7 Å². The van der Waals surface area contributed by atoms with E-state index >= 15 is 0 Å². The number of piperidine rings is 2. The molecule has 10 heteroatoms. The molecule has 1 aliphatic carbocycles. The molecule has 0 amide bonds. The van der Waals surface area contributed by atoms with Crippen LogP contribution in [0.15, 0.2) is 30.3 Å². The number of carbonyl (C=O) groups excluding carboxylic acids is 1. The number of nitrogens with one attached hydrogen (secondary N) is 1. The van der Waals surface area contributed by atoms with Crippen LogP contribution in [-0.4, -0.2) is 120 Å². The van der Waals surface area contributed by atoms with E-state index in [0.717, 1.165) is 75.0 Å². The van der Waals surface area contributed by atoms with Gasteiger partial charge in [-0.25, -0.2) is 0 Å². The van der Waals surface area contributed by atoms with Gasteiger partial charge in [0.2, 0.25) is 0 Å². The summed E-state index contributed by atoms with van der Waals surface area (Å²) in [4.78, 5) is 22.7. The van der Waals surface area contributed by atoms with Crippen molar-refractivity contribution in [2.75, 3.05) is 69.7 Å². The second kappa shape index (κ2) is 12.6. The molecule has 5 aliphatic rings. The lowest BCUT2D eigenvalue weighted by Crippen LogP contribution is -2.61. The van der Waals surface area contributed by atoms with Gasteiger partial charge in [0.25, 0.3) is 0 Å². The number of phenols is 1. The summed E-state index contributed by atoms with van der Waals surface area (Å²) in [5, 5.41) is 22.8. The van der Waals surface area contributed by atoms with E-state index in [1.54, 1.807) is 6.07 Å². The lowest BCUT2D eigenvalue weighted by molar-refractivity contribution is -0.147. The Morgan fingerprint density at radius 1 is 0.814 bits per heavy atom. The number of fused-ring (bicyclic) bond motifs is 3. The number of anilines is 2. The summed E-state index contributed by atoms with van der Waals surface area (Å²) in [6, 6.07) is 11.9. The van der Waals surface area contributed by atoms with Crippen molar-refractivity contribution < 1.29 is 14.6 Å². The lowest BCUT2D eigenvalue weighted by Gasteiger charge is -2.50. The Bertz CT molecular complexity index is 1270. The Balaban J connectivity index is 0.887. The van der Waals surface area contributed by atoms with Crippen LogP contribution in [0.5, 0.6) is 5.75 Å². The number of aromatic hydroxyl groups is 1. The molecule has 0 spiro atoms. The van der Waals surface area contributed by atoms with Crippen LogP contribution in [0.4, 0.5) is 11.5 Å². The van der Waals surface area contributed by atoms with Gasteiger partial charge in [0.05, 0.1) is 30.5 Å². The molecular weight excluding hydrogens is 542 g/mol. The first-order valence-corrected chi connectivity index (χ1v) is 16.5. The van der Waals surface area contributed by atoms with E-state index in [0.29, 0.717) is 23.8 Å². The minimum absolute atomic E-state index is 0.0163. The number of nitrogens with zero attached hydrogens (tertiary/aromatic N) is 6. The molecule has 0 unspecified atom stereocenters. The van der Waals surface area contributed by atoms with Crippen LogP contribution in [0.25, 0.3) is 11.3 Å². The zero-order chi connectivity index (χ0) is 29.3. The maximum absolute atomic E-state index is 11.9. The number of ether oxygens (including phenoxy) is 1. The molecule has 1 aromatic carbocycles. The number of likely N-dealkylation sites (tertiary alicyclic amines) is 2. The lowest BCUT2D eigenvalue weighted by atomic mass is 9.84. The van der Waals surface area contributed by atoms with E-state index in [2.05, 4.69) is 41.2 Å². The smallest absolute Gasteiger partial charge is 0.308 e. The first-order valence-electron chi connectivity index (χ1n) is 16.5. The number of benzene rings is 1. The molecule has 0 radical (unpaired) electrons. The van der Waals surface area contributed by atoms with Crippen LogP contribution in [0.3, 0.4) is 0 Å². The van der Waals surface area contributed by atoms with E-state index in [1.807, 2.05) is 18.2 Å². The van der Waals surface area contributed by atoms with Gasteiger partial charge in [0.1, 0.15) is 5.75 Å². The van der Waals surface area contributed by atoms with Crippen molar-refractivity contribution in [1.82, 2.24) is 24.9 Å². The number of carbonyl (C=O) groups is 1. The van der Waals surface area contributed by atoms with Crippen LogP contribution < -0.4 is 10.2 Å². The van der Waals surface area contributed by atoms with Crippen molar-refractivity contribution in [2.45, 2.75) is 75.5 Å². The van der Waals surface area contributed by atoms with Gasteiger partial charge in [-0.1, -0.05) is 12.1 Å². The summed E-state index contributed by atoms with van der Waals surface area (Å²) in [6.45, 7) is 8.85. The average molecular weight is 590 g/mol. The molecule has 43 heavy (non-hydrogen) atoms. The summed E-state index contributed by atoms with van der Waals surface area (Å²) in [5.41, 5.74) is 2.53. The third-order valence-corrected chi connectivity index (χ3v) is 11.1. The van der Waals surface area contributed by atoms with Gasteiger partial charge in [0, 0.05) is 49.9 Å². The molecule has 4 aliphatic heterocycles. The molecule has 2 N–H and O–H groups in total. The number of rotatable bonds is 5. The highest BCUT2D eigenvalue weighted by Gasteiger charge is 2.38. The fraction of sp³-hybridized carbons (Fsp3) is 0.667. The second-order valence-electron chi connectivity index (χ2n) is 13.3. The van der Waals surface area contributed by atoms with Gasteiger partial charge in [-0.3, -0.25) is 9.69 Å². The van der Waals surface area contributed by atoms with Crippen molar-refractivity contribution in [3.05, 3.63) is 30.3 Å². The van der Waals surface area contributed by atoms with Crippen LogP contribution in [0.2, 0.25) is 0 Å². The average Bonchev–Trinajstić information content (AvgIpc) is 3.08. The number of methoxy groups -OCH3 is 1. The Labute approximate surface area is 255 Å². The van der Waals surface area contributed by atoms with Crippen LogP contribution >= 0.6 is 0 Å². The molecule has 3 saturated heterocycles. The minimum atomic E-state index is -0.0163. The van der Waals surface area contributed by atoms with E-state index in [1.165, 1.54) is 59.0 Å². The maximum Gasteiger partial charge on any atom is 0.308 e. The molecule has 0 bridgehead atoms. The van der Waals surface area contributed by atoms with Crippen LogP contribution in [-0.2, 0) is 9.53 Å². The number of piperazine rings is 1. The first-order chi connectivity index (χ1) is 21.1. The molecular formula is C33H47N7O3. The number of para-hydroxylation sites is 1. The SMILES string of the molecule is COC(=O)C1CCC(N2CCC(N3CCC(N4CCN5c6cc(-c7ccccc7O)nnc6NC[C@H]5C4)CC3)CC2)CC1. The zero-order valence-electron chi connectivity index (χ0n) is 25.5. The Morgan fingerprint density at radius 2 is 1.47 bits per heavy atom. The molecule has 1 atom stereocenters. The van der Waals surface area contributed by atoms with Gasteiger partial charge in [-0.2, -0.15) is 0 Å². The first kappa shape index (κ1) is 28.8. The molecule has 2 aromatic rings. The van der Waals surface area contributed by atoms with Crippen LogP contribution in [0, 0.1) is 5.92 Å². The van der Waals surface area contributed by atoms with E-state index < -0.39 is 0 Å². The molecule has 232 valence electrons. The van der Waals surface area contributed by atoms with Gasteiger partial charge >= 0.3 is 5.97 Å². The summed E-state index contributed by atoms with van der Waals surface area (Å²) >= 11 is 0. The third kappa shape index (κ3) is 5.93. The highest BCUT2D eigenvalue weighted by Crippen LogP contribution is 2.37. The second-order valence-corrected chi connectivity index (χ2v) is 13.3. The number of hydrogen-bond acceptors (Lipinski definition) is 10. The van der Waals surface area contributed by atoms with Crippen molar-refractivity contribution in [3.8, 4) is 17.0 Å². The summed E-state index contributed by atoms with van der Waals surface area (Å²) in [5.74, 6) is 1.18. The monoisotopic (exact) mass is 589 g/mol. The molecule has 10 nitrogen and oxygen atoms in total. The largest absolute Gasteiger partial charge is 0.507 e. The van der Waals surface area contributed by atoms with Gasteiger partial charge in [-0.15, -0.1) is 10.2 Å². The number of esters is 1. The van der Waals surface area contributed by atoms with Crippen molar-refractivity contribution >= 4 is 17.5 Å². The van der Waals surface area contributed by atoms with Crippen molar-refractivity contribution in [3.63, 3.8) is 0 Å². The van der Waals surface area contributed by atoms with Gasteiger partial charge < -0.3 is 29.9 Å². The molecule has 1 saturated carbocycles. The van der Waals surface area contributed by atoms with E-state index in [-0.39, 0.29) is 17.6 Å².